The maximum absolute atomic E-state index is 9.48. The highest BCUT2D eigenvalue weighted by Gasteiger charge is 2.23. The van der Waals surface area contributed by atoms with Crippen LogP contribution >= 0.6 is 0 Å². The molecule has 2 N–H and O–H groups in total. The number of likely N-dealkylation sites (N-methyl/N-ethyl adjacent to an activating group) is 1. The largest absolute Gasteiger partial charge is 0.392 e. The van der Waals surface area contributed by atoms with Gasteiger partial charge >= 0.3 is 0 Å². The standard InChI is InChI=1S/C9H20N2O/c1-11(2)7-6-10-8-4-3-5-9(8)12/h8-10,12H,3-7H2,1-2H3/t8-,9-/m0/s1. The Morgan fingerprint density at radius 1 is 1.42 bits per heavy atom. The number of nitrogens with one attached hydrogen (secondary N) is 1. The van der Waals surface area contributed by atoms with Crippen LogP contribution in [-0.2, 0) is 0 Å². The molecule has 0 aliphatic heterocycles. The molecule has 3 nitrogen and oxygen atoms in total. The normalized spacial score (nSPS) is 30.0. The van der Waals surface area contributed by atoms with Gasteiger partial charge < -0.3 is 15.3 Å². The van der Waals surface area contributed by atoms with E-state index in [1.165, 1.54) is 6.42 Å². The van der Waals surface area contributed by atoms with Crippen LogP contribution in [0.4, 0.5) is 0 Å². The molecule has 2 atom stereocenters. The maximum Gasteiger partial charge on any atom is 0.0693 e. The second-order valence-electron chi connectivity index (χ2n) is 3.86. The fourth-order valence-electron chi connectivity index (χ4n) is 1.65. The molecule has 1 aliphatic carbocycles. The predicted octanol–water partition coefficient (Wildman–Crippen LogP) is 0.0510. The molecule has 0 amide bonds. The zero-order chi connectivity index (χ0) is 8.97. The number of aliphatic hydroxyl groups excluding tert-OH is 1. The van der Waals surface area contributed by atoms with Crippen LogP contribution in [-0.4, -0.2) is 49.3 Å². The van der Waals surface area contributed by atoms with Crippen LogP contribution in [0.1, 0.15) is 19.3 Å². The van der Waals surface area contributed by atoms with E-state index in [0.717, 1.165) is 25.9 Å². The van der Waals surface area contributed by atoms with E-state index in [0.29, 0.717) is 6.04 Å². The number of hydrogen-bond donors (Lipinski definition) is 2. The van der Waals surface area contributed by atoms with Gasteiger partial charge in [-0.15, -0.1) is 0 Å². The Morgan fingerprint density at radius 3 is 2.67 bits per heavy atom. The average molecular weight is 172 g/mol. The summed E-state index contributed by atoms with van der Waals surface area (Å²) in [5.41, 5.74) is 0. The van der Waals surface area contributed by atoms with Crippen molar-refractivity contribution in [2.45, 2.75) is 31.4 Å². The Bertz CT molecular complexity index is 128. The van der Waals surface area contributed by atoms with Gasteiger partial charge in [-0.1, -0.05) is 0 Å². The highest BCUT2D eigenvalue weighted by Crippen LogP contribution is 2.18. The molecule has 1 fully saturated rings. The molecule has 0 unspecified atom stereocenters. The summed E-state index contributed by atoms with van der Waals surface area (Å²) in [5, 5.41) is 12.8. The minimum atomic E-state index is -0.104. The number of hydrogen-bond acceptors (Lipinski definition) is 3. The van der Waals surface area contributed by atoms with Gasteiger partial charge in [0.05, 0.1) is 6.10 Å². The van der Waals surface area contributed by atoms with Crippen LogP contribution < -0.4 is 5.32 Å². The van der Waals surface area contributed by atoms with Gasteiger partial charge in [-0.25, -0.2) is 0 Å². The van der Waals surface area contributed by atoms with E-state index in [1.54, 1.807) is 0 Å². The Hall–Kier alpha value is -0.120. The molecule has 0 aromatic carbocycles. The second kappa shape index (κ2) is 4.80. The van der Waals surface area contributed by atoms with E-state index in [2.05, 4.69) is 24.3 Å². The van der Waals surface area contributed by atoms with Crippen LogP contribution in [0.25, 0.3) is 0 Å². The van der Waals surface area contributed by atoms with Crippen LogP contribution in [0.3, 0.4) is 0 Å². The predicted molar refractivity (Wildman–Crippen MR) is 50.2 cm³/mol. The van der Waals surface area contributed by atoms with Gasteiger partial charge in [0.25, 0.3) is 0 Å². The molecule has 1 rings (SSSR count). The summed E-state index contributed by atoms with van der Waals surface area (Å²) in [4.78, 5) is 2.15. The first-order valence-electron chi connectivity index (χ1n) is 4.76. The molecule has 72 valence electrons. The molecule has 0 heterocycles. The quantitative estimate of drug-likeness (QED) is 0.629. The van der Waals surface area contributed by atoms with Crippen molar-refractivity contribution >= 4 is 0 Å². The second-order valence-corrected chi connectivity index (χ2v) is 3.86. The van der Waals surface area contributed by atoms with Gasteiger partial charge in [0.2, 0.25) is 0 Å². The van der Waals surface area contributed by atoms with Crippen molar-refractivity contribution in [1.82, 2.24) is 10.2 Å². The van der Waals surface area contributed by atoms with Crippen LogP contribution in [0.5, 0.6) is 0 Å². The minimum absolute atomic E-state index is 0.104. The van der Waals surface area contributed by atoms with Gasteiger partial charge in [-0.2, -0.15) is 0 Å². The van der Waals surface area contributed by atoms with E-state index in [-0.39, 0.29) is 6.10 Å². The van der Waals surface area contributed by atoms with Gasteiger partial charge in [0.1, 0.15) is 0 Å². The van der Waals surface area contributed by atoms with Crippen LogP contribution in [0.2, 0.25) is 0 Å². The molecule has 1 aliphatic rings. The molecular weight excluding hydrogens is 152 g/mol. The third-order valence-electron chi connectivity index (χ3n) is 2.45. The first-order valence-corrected chi connectivity index (χ1v) is 4.76. The Balaban J connectivity index is 2.06. The average Bonchev–Trinajstić information content (AvgIpc) is 2.36. The van der Waals surface area contributed by atoms with Gasteiger partial charge in [0.15, 0.2) is 0 Å². The fraction of sp³-hybridized carbons (Fsp3) is 1.00. The van der Waals surface area contributed by atoms with E-state index in [9.17, 15) is 5.11 Å². The number of aliphatic hydroxyl groups is 1. The molecule has 1 saturated carbocycles. The lowest BCUT2D eigenvalue weighted by atomic mass is 10.2. The highest BCUT2D eigenvalue weighted by molar-refractivity contribution is 4.82. The fourth-order valence-corrected chi connectivity index (χ4v) is 1.65. The highest BCUT2D eigenvalue weighted by atomic mass is 16.3. The van der Waals surface area contributed by atoms with Crippen molar-refractivity contribution in [3.8, 4) is 0 Å². The van der Waals surface area contributed by atoms with Gasteiger partial charge in [-0.3, -0.25) is 0 Å². The Morgan fingerprint density at radius 2 is 2.17 bits per heavy atom. The SMILES string of the molecule is CN(C)CCN[C@H]1CCC[C@@H]1O. The monoisotopic (exact) mass is 172 g/mol. The summed E-state index contributed by atoms with van der Waals surface area (Å²) in [6.07, 6.45) is 3.17. The summed E-state index contributed by atoms with van der Waals surface area (Å²) in [5.74, 6) is 0. The summed E-state index contributed by atoms with van der Waals surface area (Å²) < 4.78 is 0. The summed E-state index contributed by atoms with van der Waals surface area (Å²) in [7, 11) is 4.12. The summed E-state index contributed by atoms with van der Waals surface area (Å²) in [6.45, 7) is 2.03. The molecule has 0 spiro atoms. The lowest BCUT2D eigenvalue weighted by Crippen LogP contribution is -2.39. The zero-order valence-electron chi connectivity index (χ0n) is 8.08. The van der Waals surface area contributed by atoms with Crippen LogP contribution in [0, 0.1) is 0 Å². The summed E-state index contributed by atoms with van der Waals surface area (Å²) in [6, 6.07) is 0.352. The molecular formula is C9H20N2O. The molecule has 12 heavy (non-hydrogen) atoms. The molecule has 0 bridgehead atoms. The first kappa shape index (κ1) is 9.96. The maximum atomic E-state index is 9.48. The minimum Gasteiger partial charge on any atom is -0.392 e. The Labute approximate surface area is 74.8 Å². The lowest BCUT2D eigenvalue weighted by Gasteiger charge is -2.17. The third-order valence-corrected chi connectivity index (χ3v) is 2.45. The van der Waals surface area contributed by atoms with Crippen molar-refractivity contribution in [3.63, 3.8) is 0 Å². The lowest BCUT2D eigenvalue weighted by molar-refractivity contribution is 0.148. The molecule has 0 saturated heterocycles. The summed E-state index contributed by atoms with van der Waals surface area (Å²) >= 11 is 0. The van der Waals surface area contributed by atoms with Gasteiger partial charge in [0, 0.05) is 19.1 Å². The topological polar surface area (TPSA) is 35.5 Å². The van der Waals surface area contributed by atoms with E-state index in [4.69, 9.17) is 0 Å². The number of rotatable bonds is 4. The number of nitrogens with zero attached hydrogens (tertiary/aromatic N) is 1. The van der Waals surface area contributed by atoms with E-state index < -0.39 is 0 Å². The van der Waals surface area contributed by atoms with Crippen molar-refractivity contribution in [2.24, 2.45) is 0 Å². The van der Waals surface area contributed by atoms with Gasteiger partial charge in [-0.05, 0) is 33.4 Å². The zero-order valence-corrected chi connectivity index (χ0v) is 8.08. The van der Waals surface area contributed by atoms with Crippen molar-refractivity contribution in [2.75, 3.05) is 27.2 Å². The molecule has 0 aromatic heterocycles. The van der Waals surface area contributed by atoms with Crippen molar-refractivity contribution in [1.29, 1.82) is 0 Å². The Kier molecular flexibility index (Phi) is 3.98. The molecule has 3 heteroatoms. The first-order chi connectivity index (χ1) is 5.70. The van der Waals surface area contributed by atoms with Crippen molar-refractivity contribution < 1.29 is 5.11 Å². The van der Waals surface area contributed by atoms with E-state index in [1.807, 2.05) is 0 Å². The smallest absolute Gasteiger partial charge is 0.0693 e. The van der Waals surface area contributed by atoms with Crippen molar-refractivity contribution in [3.05, 3.63) is 0 Å². The van der Waals surface area contributed by atoms with E-state index >= 15 is 0 Å². The van der Waals surface area contributed by atoms with Crippen LogP contribution in [0.15, 0.2) is 0 Å². The molecule has 0 radical (unpaired) electrons. The molecule has 0 aromatic rings. The third kappa shape index (κ3) is 3.09.